The topological polar surface area (TPSA) is 48.8 Å². The molecule has 1 saturated heterocycles. The fourth-order valence-corrected chi connectivity index (χ4v) is 3.40. The first-order valence-corrected chi connectivity index (χ1v) is 8.18. The lowest BCUT2D eigenvalue weighted by Gasteiger charge is -2.28. The molecule has 0 spiro atoms. The predicted octanol–water partition coefficient (Wildman–Crippen LogP) is 1.78. The van der Waals surface area contributed by atoms with E-state index in [1.54, 1.807) is 0 Å². The number of aromatic nitrogens is 1. The van der Waals surface area contributed by atoms with Crippen LogP contribution in [0.5, 0.6) is 0 Å². The number of hydrogen-bond donors (Lipinski definition) is 1. The molecular formula is C16H21N2O3S+. The highest BCUT2D eigenvalue weighted by atomic mass is 32.1. The molecule has 0 radical (unpaired) electrons. The van der Waals surface area contributed by atoms with E-state index in [0.717, 1.165) is 43.7 Å². The van der Waals surface area contributed by atoms with Gasteiger partial charge in [0.05, 0.1) is 25.2 Å². The molecule has 1 aliphatic heterocycles. The number of quaternary nitrogens is 1. The fourth-order valence-electron chi connectivity index (χ4n) is 3.14. The summed E-state index contributed by atoms with van der Waals surface area (Å²) < 4.78 is 12.8. The molecule has 0 amide bonds. The van der Waals surface area contributed by atoms with E-state index in [2.05, 4.69) is 0 Å². The number of hydrogen-bond acceptors (Lipinski definition) is 4. The summed E-state index contributed by atoms with van der Waals surface area (Å²) in [6, 6.07) is 7.86. The van der Waals surface area contributed by atoms with Crippen molar-refractivity contribution in [2.75, 3.05) is 19.7 Å². The van der Waals surface area contributed by atoms with E-state index in [0.29, 0.717) is 11.4 Å². The third kappa shape index (κ3) is 3.08. The Bertz CT molecular complexity index is 721. The zero-order valence-corrected chi connectivity index (χ0v) is 13.5. The summed E-state index contributed by atoms with van der Waals surface area (Å²) >= 11 is 5.34. The van der Waals surface area contributed by atoms with Crippen molar-refractivity contribution in [3.05, 3.63) is 29.1 Å². The van der Waals surface area contributed by atoms with Gasteiger partial charge in [0.1, 0.15) is 5.92 Å². The van der Waals surface area contributed by atoms with E-state index in [9.17, 15) is 4.79 Å². The standard InChI is InChI=1S/C16H20N2O3S/c1-2-20-15(19)12-6-5-9-17(10-12)11-18-13-7-3-4-8-14(13)21-16(18)22/h3-4,7-8,12H,2,5-6,9-11H2,1H3/p+1/t12-/m0/s1. The monoisotopic (exact) mass is 321 g/mol. The van der Waals surface area contributed by atoms with Crippen LogP contribution >= 0.6 is 12.2 Å². The van der Waals surface area contributed by atoms with Gasteiger partial charge in [0, 0.05) is 0 Å². The molecule has 1 fully saturated rings. The number of ether oxygens (including phenoxy) is 1. The van der Waals surface area contributed by atoms with Gasteiger partial charge in [-0.05, 0) is 44.1 Å². The van der Waals surface area contributed by atoms with Gasteiger partial charge in [-0.1, -0.05) is 12.1 Å². The van der Waals surface area contributed by atoms with Crippen LogP contribution in [0.3, 0.4) is 0 Å². The van der Waals surface area contributed by atoms with Crippen molar-refractivity contribution in [1.29, 1.82) is 0 Å². The Balaban J connectivity index is 1.76. The lowest BCUT2D eigenvalue weighted by molar-refractivity contribution is -0.929. The van der Waals surface area contributed by atoms with Crippen LogP contribution in [0, 0.1) is 10.8 Å². The number of likely N-dealkylation sites (tertiary alicyclic amines) is 1. The Morgan fingerprint density at radius 3 is 3.14 bits per heavy atom. The van der Waals surface area contributed by atoms with Gasteiger partial charge < -0.3 is 14.1 Å². The van der Waals surface area contributed by atoms with Crippen LogP contribution in [0.1, 0.15) is 19.8 Å². The average molecular weight is 321 g/mol. The van der Waals surface area contributed by atoms with Gasteiger partial charge in [-0.3, -0.25) is 9.36 Å². The zero-order chi connectivity index (χ0) is 15.5. The quantitative estimate of drug-likeness (QED) is 0.689. The number of carbonyl (C=O) groups excluding carboxylic acids is 1. The van der Waals surface area contributed by atoms with Crippen molar-refractivity contribution < 1.29 is 18.8 Å². The maximum atomic E-state index is 11.9. The number of carbonyl (C=O) groups is 1. The minimum atomic E-state index is -0.0691. The Kier molecular flexibility index (Phi) is 4.59. The summed E-state index contributed by atoms with van der Waals surface area (Å²) in [6.07, 6.45) is 1.95. The first-order chi connectivity index (χ1) is 10.7. The molecule has 6 heteroatoms. The Morgan fingerprint density at radius 2 is 2.32 bits per heavy atom. The van der Waals surface area contributed by atoms with Crippen LogP contribution in [-0.4, -0.2) is 30.2 Å². The Labute approximate surface area is 134 Å². The molecule has 2 heterocycles. The maximum absolute atomic E-state index is 11.9. The van der Waals surface area contributed by atoms with Crippen LogP contribution < -0.4 is 4.90 Å². The second-order valence-electron chi connectivity index (χ2n) is 5.72. The first kappa shape index (κ1) is 15.2. The third-order valence-corrected chi connectivity index (χ3v) is 4.50. The number of para-hydroxylation sites is 2. The van der Waals surface area contributed by atoms with E-state index in [4.69, 9.17) is 21.4 Å². The van der Waals surface area contributed by atoms with Gasteiger partial charge in [0.15, 0.2) is 12.3 Å². The molecule has 1 aromatic heterocycles. The van der Waals surface area contributed by atoms with Gasteiger partial charge in [-0.25, -0.2) is 0 Å². The van der Waals surface area contributed by atoms with Crippen LogP contribution in [0.4, 0.5) is 0 Å². The maximum Gasteiger partial charge on any atom is 0.314 e. The van der Waals surface area contributed by atoms with Gasteiger partial charge in [-0.2, -0.15) is 0 Å². The van der Waals surface area contributed by atoms with Crippen LogP contribution in [0.2, 0.25) is 0 Å². The molecule has 5 nitrogen and oxygen atoms in total. The average Bonchev–Trinajstić information content (AvgIpc) is 2.84. The third-order valence-electron chi connectivity index (χ3n) is 4.19. The molecule has 118 valence electrons. The molecule has 1 N–H and O–H groups in total. The zero-order valence-electron chi connectivity index (χ0n) is 12.7. The molecular weight excluding hydrogens is 300 g/mol. The van der Waals surface area contributed by atoms with Gasteiger partial charge in [0.25, 0.3) is 4.84 Å². The Morgan fingerprint density at radius 1 is 1.50 bits per heavy atom. The summed E-state index contributed by atoms with van der Waals surface area (Å²) in [7, 11) is 0. The summed E-state index contributed by atoms with van der Waals surface area (Å²) in [5, 5.41) is 0. The van der Waals surface area contributed by atoms with Crippen molar-refractivity contribution in [2.45, 2.75) is 26.4 Å². The summed E-state index contributed by atoms with van der Waals surface area (Å²) in [4.78, 5) is 13.8. The second-order valence-corrected chi connectivity index (χ2v) is 6.07. The van der Waals surface area contributed by atoms with Crippen molar-refractivity contribution >= 4 is 29.3 Å². The highest BCUT2D eigenvalue weighted by molar-refractivity contribution is 7.71. The largest absolute Gasteiger partial charge is 0.466 e. The fraction of sp³-hybridized carbons (Fsp3) is 0.500. The number of esters is 1. The van der Waals surface area contributed by atoms with Crippen LogP contribution in [-0.2, 0) is 16.2 Å². The van der Waals surface area contributed by atoms with Crippen molar-refractivity contribution in [1.82, 2.24) is 4.57 Å². The SMILES string of the molecule is CCOC(=O)[C@H]1CCC[NH+](Cn2c(=S)oc3ccccc32)C1. The molecule has 0 aliphatic carbocycles. The lowest BCUT2D eigenvalue weighted by Crippen LogP contribution is -3.13. The lowest BCUT2D eigenvalue weighted by atomic mass is 9.98. The van der Waals surface area contributed by atoms with Crippen molar-refractivity contribution in [2.24, 2.45) is 5.92 Å². The van der Waals surface area contributed by atoms with Crippen LogP contribution in [0.15, 0.2) is 28.7 Å². The highest BCUT2D eigenvalue weighted by Crippen LogP contribution is 2.16. The van der Waals surface area contributed by atoms with Crippen LogP contribution in [0.25, 0.3) is 11.1 Å². The van der Waals surface area contributed by atoms with E-state index >= 15 is 0 Å². The van der Waals surface area contributed by atoms with E-state index in [-0.39, 0.29) is 11.9 Å². The molecule has 3 rings (SSSR count). The van der Waals surface area contributed by atoms with Gasteiger partial charge >= 0.3 is 5.97 Å². The first-order valence-electron chi connectivity index (χ1n) is 7.77. The molecule has 1 aromatic carbocycles. The van der Waals surface area contributed by atoms with Gasteiger partial charge in [-0.15, -0.1) is 0 Å². The summed E-state index contributed by atoms with van der Waals surface area (Å²) in [5.74, 6) is -0.0728. The summed E-state index contributed by atoms with van der Waals surface area (Å²) in [6.45, 7) is 4.85. The predicted molar refractivity (Wildman–Crippen MR) is 85.1 cm³/mol. The molecule has 2 atom stereocenters. The normalized spacial score (nSPS) is 21.9. The molecule has 22 heavy (non-hydrogen) atoms. The van der Waals surface area contributed by atoms with E-state index in [1.807, 2.05) is 35.8 Å². The van der Waals surface area contributed by atoms with Crippen molar-refractivity contribution in [3.8, 4) is 0 Å². The molecule has 1 unspecified atom stereocenters. The molecule has 1 aliphatic rings. The molecule has 2 aromatic rings. The molecule has 0 saturated carbocycles. The van der Waals surface area contributed by atoms with E-state index < -0.39 is 0 Å². The van der Waals surface area contributed by atoms with Gasteiger partial charge in [0.2, 0.25) is 0 Å². The molecule has 0 bridgehead atoms. The number of piperidine rings is 1. The summed E-state index contributed by atoms with van der Waals surface area (Å²) in [5.41, 5.74) is 1.82. The minimum Gasteiger partial charge on any atom is -0.466 e. The number of rotatable bonds is 4. The van der Waals surface area contributed by atoms with E-state index in [1.165, 1.54) is 4.90 Å². The number of nitrogens with one attached hydrogen (secondary N) is 1. The number of fused-ring (bicyclic) bond motifs is 1. The Hall–Kier alpha value is -1.66. The number of benzene rings is 1. The smallest absolute Gasteiger partial charge is 0.314 e. The number of oxazole rings is 1. The second kappa shape index (κ2) is 6.62. The van der Waals surface area contributed by atoms with Crippen molar-refractivity contribution in [3.63, 3.8) is 0 Å². The minimum absolute atomic E-state index is 0.00367. The highest BCUT2D eigenvalue weighted by Gasteiger charge is 2.30. The number of nitrogens with zero attached hydrogens (tertiary/aromatic N) is 1.